The van der Waals surface area contributed by atoms with Crippen molar-refractivity contribution in [2.45, 2.75) is 58.9 Å². The van der Waals surface area contributed by atoms with E-state index in [0.717, 1.165) is 29.7 Å². The summed E-state index contributed by atoms with van der Waals surface area (Å²) in [5, 5.41) is 29.3. The minimum Gasteiger partial charge on any atom is -0.508 e. The summed E-state index contributed by atoms with van der Waals surface area (Å²) in [6.45, 7) is 7.42. The molecule has 0 fully saturated rings. The van der Waals surface area contributed by atoms with Gasteiger partial charge in [0.05, 0.1) is 5.56 Å². The number of nitrogens with two attached hydrogens (primary N) is 2. The topological polar surface area (TPSA) is 171 Å². The highest BCUT2D eigenvalue weighted by Crippen LogP contribution is 2.39. The SMILES string of the molecule is CCC/C(=C(\ON)c1cc(C(C)C)c(O)cc1O)c1ccc(CN(C)CCCC(=O)NO)cc1.NC=O. The molecule has 0 saturated carbocycles. The van der Waals surface area contributed by atoms with Gasteiger partial charge in [-0.2, -0.15) is 5.90 Å². The molecule has 2 rings (SSSR count). The number of carbonyl (C=O) groups is 2. The number of benzene rings is 2. The molecule has 10 nitrogen and oxygen atoms in total. The molecule has 0 aliphatic carbocycles. The van der Waals surface area contributed by atoms with Crippen molar-refractivity contribution in [3.8, 4) is 11.5 Å². The lowest BCUT2D eigenvalue weighted by atomic mass is 9.93. The monoisotopic (exact) mass is 516 g/mol. The summed E-state index contributed by atoms with van der Waals surface area (Å²) < 4.78 is 0. The summed E-state index contributed by atoms with van der Waals surface area (Å²) in [5.41, 5.74) is 9.88. The molecule has 0 unspecified atom stereocenters. The van der Waals surface area contributed by atoms with Gasteiger partial charge in [-0.1, -0.05) is 51.5 Å². The van der Waals surface area contributed by atoms with Gasteiger partial charge in [0.25, 0.3) is 0 Å². The van der Waals surface area contributed by atoms with Gasteiger partial charge in [0.1, 0.15) is 11.5 Å². The average Bonchev–Trinajstić information content (AvgIpc) is 2.85. The fourth-order valence-corrected chi connectivity index (χ4v) is 3.94. The number of carbonyl (C=O) groups excluding carboxylic acids is 2. The van der Waals surface area contributed by atoms with E-state index in [0.29, 0.717) is 36.3 Å². The Labute approximate surface area is 218 Å². The van der Waals surface area contributed by atoms with Crippen LogP contribution in [0, 0.1) is 0 Å². The highest BCUT2D eigenvalue weighted by Gasteiger charge is 2.20. The Morgan fingerprint density at radius 3 is 2.27 bits per heavy atom. The van der Waals surface area contributed by atoms with Crippen molar-refractivity contribution in [1.82, 2.24) is 10.4 Å². The number of phenolic OH excluding ortho intramolecular Hbond substituents is 2. The molecule has 0 aliphatic heterocycles. The van der Waals surface area contributed by atoms with Gasteiger partial charge in [0.2, 0.25) is 12.3 Å². The van der Waals surface area contributed by atoms with Gasteiger partial charge in [-0.3, -0.25) is 14.8 Å². The summed E-state index contributed by atoms with van der Waals surface area (Å²) in [6.07, 6.45) is 2.71. The lowest BCUT2D eigenvalue weighted by Gasteiger charge is -2.19. The van der Waals surface area contributed by atoms with Crippen molar-refractivity contribution < 1.29 is 29.8 Å². The number of primary amides is 1. The maximum atomic E-state index is 11.1. The minimum atomic E-state index is -0.383. The molecule has 10 heteroatoms. The lowest BCUT2D eigenvalue weighted by Crippen LogP contribution is -2.23. The third-order valence-electron chi connectivity index (χ3n) is 5.73. The van der Waals surface area contributed by atoms with E-state index in [4.69, 9.17) is 20.7 Å². The third-order valence-corrected chi connectivity index (χ3v) is 5.73. The number of phenols is 2. The van der Waals surface area contributed by atoms with E-state index in [2.05, 4.69) is 17.6 Å². The number of allylic oxidation sites excluding steroid dienone is 1. The quantitative estimate of drug-likeness (QED) is 0.0816. The molecule has 0 saturated heterocycles. The number of rotatable bonds is 12. The zero-order chi connectivity index (χ0) is 28.0. The van der Waals surface area contributed by atoms with Crippen LogP contribution in [0.4, 0.5) is 0 Å². The molecule has 37 heavy (non-hydrogen) atoms. The Bertz CT molecular complexity index is 1040. The van der Waals surface area contributed by atoms with E-state index in [1.807, 2.05) is 45.2 Å². The summed E-state index contributed by atoms with van der Waals surface area (Å²) in [5.74, 6) is 5.70. The second-order valence-electron chi connectivity index (χ2n) is 8.97. The van der Waals surface area contributed by atoms with Crippen molar-refractivity contribution in [3.63, 3.8) is 0 Å². The van der Waals surface area contributed by atoms with Crippen LogP contribution < -0.4 is 17.1 Å². The van der Waals surface area contributed by atoms with E-state index in [9.17, 15) is 15.0 Å². The zero-order valence-electron chi connectivity index (χ0n) is 22.0. The summed E-state index contributed by atoms with van der Waals surface area (Å²) in [4.78, 5) is 27.1. The number of amides is 2. The highest BCUT2D eigenvalue weighted by molar-refractivity contribution is 5.89. The van der Waals surface area contributed by atoms with Crippen LogP contribution in [0.15, 0.2) is 36.4 Å². The molecular formula is C27H40N4O6. The van der Waals surface area contributed by atoms with E-state index < -0.39 is 0 Å². The Morgan fingerprint density at radius 2 is 1.76 bits per heavy atom. The third kappa shape index (κ3) is 9.76. The van der Waals surface area contributed by atoms with Crippen LogP contribution in [0.2, 0.25) is 0 Å². The zero-order valence-corrected chi connectivity index (χ0v) is 22.0. The second-order valence-corrected chi connectivity index (χ2v) is 8.97. The van der Waals surface area contributed by atoms with E-state index in [-0.39, 0.29) is 36.2 Å². The molecule has 0 spiro atoms. The van der Waals surface area contributed by atoms with E-state index in [1.54, 1.807) is 11.5 Å². The van der Waals surface area contributed by atoms with Crippen LogP contribution in [-0.4, -0.2) is 46.2 Å². The summed E-state index contributed by atoms with van der Waals surface area (Å²) in [6, 6.07) is 11.1. The molecule has 0 aromatic heterocycles. The number of hydroxylamine groups is 1. The first kappa shape index (κ1) is 31.4. The molecule has 2 aromatic carbocycles. The number of nitrogens with zero attached hydrogens (tertiary/aromatic N) is 1. The molecule has 0 bridgehead atoms. The molecule has 0 heterocycles. The normalized spacial score (nSPS) is 11.5. The fourth-order valence-electron chi connectivity index (χ4n) is 3.94. The Morgan fingerprint density at radius 1 is 1.14 bits per heavy atom. The van der Waals surface area contributed by atoms with Crippen molar-refractivity contribution in [2.75, 3.05) is 13.6 Å². The molecule has 2 amide bonds. The van der Waals surface area contributed by atoms with Crippen molar-refractivity contribution >= 4 is 23.6 Å². The van der Waals surface area contributed by atoms with Gasteiger partial charge in [-0.15, -0.1) is 0 Å². The predicted octanol–water partition coefficient (Wildman–Crippen LogP) is 3.60. The van der Waals surface area contributed by atoms with Crippen LogP contribution in [-0.2, 0) is 21.0 Å². The molecule has 2 aromatic rings. The Balaban J connectivity index is 0.00000217. The Hall–Kier alpha value is -3.60. The number of aromatic hydroxyl groups is 2. The van der Waals surface area contributed by atoms with Crippen LogP contribution in [0.5, 0.6) is 11.5 Å². The van der Waals surface area contributed by atoms with Gasteiger partial charge in [0, 0.05) is 24.6 Å². The van der Waals surface area contributed by atoms with Gasteiger partial charge in [-0.25, -0.2) is 5.48 Å². The van der Waals surface area contributed by atoms with E-state index >= 15 is 0 Å². The highest BCUT2D eigenvalue weighted by atomic mass is 16.6. The van der Waals surface area contributed by atoms with Crippen molar-refractivity contribution in [1.29, 1.82) is 0 Å². The number of nitrogens with one attached hydrogen (secondary N) is 1. The van der Waals surface area contributed by atoms with Crippen LogP contribution in [0.1, 0.15) is 74.6 Å². The maximum Gasteiger partial charge on any atom is 0.243 e. The van der Waals surface area contributed by atoms with E-state index in [1.165, 1.54) is 6.07 Å². The number of hydrogen-bond donors (Lipinski definition) is 6. The van der Waals surface area contributed by atoms with Crippen LogP contribution >= 0.6 is 0 Å². The standard InChI is InChI=1S/C26H37N3O5.CH3NO/c1-5-7-20(26(34-27)22-14-21(17(2)3)23(30)15-24(22)31)19-11-9-18(10-12-19)16-29(4)13-6-8-25(32)28-33;2-1-3/h9-12,14-15,17,30-31,33H,5-8,13,16,27H2,1-4H3,(H,28,32);1H,(H2,2,3)/b26-20+;. The molecule has 0 aliphatic rings. The predicted molar refractivity (Wildman–Crippen MR) is 143 cm³/mol. The summed E-state index contributed by atoms with van der Waals surface area (Å²) >= 11 is 0. The first-order valence-corrected chi connectivity index (χ1v) is 12.2. The van der Waals surface area contributed by atoms with Gasteiger partial charge >= 0.3 is 0 Å². The molecular weight excluding hydrogens is 476 g/mol. The molecule has 8 N–H and O–H groups in total. The van der Waals surface area contributed by atoms with Gasteiger partial charge in [-0.05, 0) is 55.1 Å². The number of hydrogen-bond acceptors (Lipinski definition) is 8. The van der Waals surface area contributed by atoms with Crippen molar-refractivity contribution in [2.24, 2.45) is 11.6 Å². The maximum absolute atomic E-state index is 11.1. The minimum absolute atomic E-state index is 0.0372. The molecule has 0 radical (unpaired) electrons. The first-order valence-electron chi connectivity index (χ1n) is 12.2. The van der Waals surface area contributed by atoms with Crippen LogP contribution in [0.25, 0.3) is 11.3 Å². The molecule has 204 valence electrons. The van der Waals surface area contributed by atoms with Gasteiger partial charge < -0.3 is 25.7 Å². The second kappa shape index (κ2) is 16.2. The lowest BCUT2D eigenvalue weighted by molar-refractivity contribution is -0.129. The first-order chi connectivity index (χ1) is 17.6. The van der Waals surface area contributed by atoms with Crippen LogP contribution in [0.3, 0.4) is 0 Å². The largest absolute Gasteiger partial charge is 0.508 e. The fraction of sp³-hybridized carbons (Fsp3) is 0.407. The average molecular weight is 517 g/mol. The summed E-state index contributed by atoms with van der Waals surface area (Å²) in [7, 11) is 1.98. The smallest absolute Gasteiger partial charge is 0.243 e. The Kier molecular flexibility index (Phi) is 13.8. The molecule has 0 atom stereocenters. The van der Waals surface area contributed by atoms with Gasteiger partial charge in [0.15, 0.2) is 5.76 Å². The van der Waals surface area contributed by atoms with Crippen molar-refractivity contribution in [3.05, 3.63) is 58.7 Å².